The van der Waals surface area contributed by atoms with Crippen molar-refractivity contribution in [2.75, 3.05) is 14.7 Å². The second kappa shape index (κ2) is 20.6. The molecule has 0 saturated heterocycles. The maximum absolute atomic E-state index is 2.74. The first-order chi connectivity index (χ1) is 42.7. The van der Waals surface area contributed by atoms with Gasteiger partial charge in [-0.05, 0) is 210 Å². The fraction of sp³-hybridized carbons (Fsp3) is 0.341. The van der Waals surface area contributed by atoms with Gasteiger partial charge in [-0.3, -0.25) is 0 Å². The van der Waals surface area contributed by atoms with Gasteiger partial charge >= 0.3 is 0 Å². The lowest BCUT2D eigenvalue weighted by Gasteiger charge is -2.45. The van der Waals surface area contributed by atoms with Crippen molar-refractivity contribution in [3.05, 3.63) is 220 Å². The van der Waals surface area contributed by atoms with Crippen molar-refractivity contribution in [2.24, 2.45) is 0 Å². The van der Waals surface area contributed by atoms with Crippen molar-refractivity contribution >= 4 is 117 Å². The second-order valence-electron chi connectivity index (χ2n) is 33.5. The topological polar surface area (TPSA) is 14.7 Å². The molecule has 2 aromatic heterocycles. The molecule has 0 amide bonds. The number of fused-ring (bicyclic) bond motifs is 10. The maximum Gasteiger partial charge on any atom is 0.252 e. The van der Waals surface area contributed by atoms with Gasteiger partial charge in [0.2, 0.25) is 0 Å². The van der Waals surface area contributed by atoms with Gasteiger partial charge in [-0.25, -0.2) is 0 Å². The Morgan fingerprint density at radius 3 is 1.31 bits per heavy atom. The third-order valence-corrected chi connectivity index (χ3v) is 22.1. The van der Waals surface area contributed by atoms with E-state index in [4.69, 9.17) is 0 Å². The van der Waals surface area contributed by atoms with Crippen LogP contribution in [-0.4, -0.2) is 11.3 Å². The summed E-state index contributed by atoms with van der Waals surface area (Å²) in [6, 6.07) is 69.8. The fourth-order valence-corrected chi connectivity index (χ4v) is 16.4. The summed E-state index contributed by atoms with van der Waals surface area (Å²) in [4.78, 5) is 9.09. The number of aryl methyl sites for hydroxylation is 1. The largest absolute Gasteiger partial charge is 0.311 e. The highest BCUT2D eigenvalue weighted by Crippen LogP contribution is 2.54. The predicted molar refractivity (Wildman–Crippen MR) is 398 cm³/mol. The van der Waals surface area contributed by atoms with Gasteiger partial charge in [0, 0.05) is 72.0 Å². The molecule has 1 aliphatic carbocycles. The van der Waals surface area contributed by atoms with Crippen molar-refractivity contribution < 1.29 is 0 Å². The normalized spacial score (nSPS) is 15.3. The van der Waals surface area contributed by atoms with E-state index in [0.717, 1.165) is 47.0 Å². The van der Waals surface area contributed by atoms with E-state index in [1.807, 2.05) is 11.3 Å². The molecule has 3 aliphatic rings. The average Bonchev–Trinajstić information content (AvgIpc) is 1.62. The van der Waals surface area contributed by atoms with Gasteiger partial charge in [0.25, 0.3) is 6.71 Å². The predicted octanol–water partition coefficient (Wildman–Crippen LogP) is 22.7. The van der Waals surface area contributed by atoms with Crippen LogP contribution in [0.1, 0.15) is 189 Å². The number of aromatic nitrogens is 1. The average molecular weight is 1210 g/mol. The molecule has 6 heteroatoms. The van der Waals surface area contributed by atoms with E-state index in [-0.39, 0.29) is 44.6 Å². The SMILES string of the molecule is Cc1cc2c(cc1N1c3cc(N(c4ccc(C(C)(C)C)cc4)c4ccc(C(C)(C)C)cc4)ccc3B3c4c1cc(N(c1ccc(C(C)(C)C)cc1)c1ccc(C(C)(C)C)cc1)cc4-n1c4sc5ccccc5c4c4cc(C(C)(C)C)cc3c41)C(C)(C)CCC2(C)C. The van der Waals surface area contributed by atoms with Crippen LogP contribution in [0.4, 0.5) is 51.2 Å². The molecule has 0 bridgehead atoms. The van der Waals surface area contributed by atoms with Crippen molar-refractivity contribution in [3.8, 4) is 5.69 Å². The summed E-state index contributed by atoms with van der Waals surface area (Å²) in [7, 11) is 0. The van der Waals surface area contributed by atoms with Gasteiger partial charge in [0.05, 0.1) is 11.2 Å². The van der Waals surface area contributed by atoms with Gasteiger partial charge in [-0.1, -0.05) is 216 Å². The minimum Gasteiger partial charge on any atom is -0.311 e. The Bertz CT molecular complexity index is 4590. The van der Waals surface area contributed by atoms with Crippen LogP contribution in [0.5, 0.6) is 0 Å². The van der Waals surface area contributed by atoms with Gasteiger partial charge in [-0.2, -0.15) is 0 Å². The minimum atomic E-state index is -0.122. The molecule has 11 aromatic rings. The lowest BCUT2D eigenvalue weighted by molar-refractivity contribution is 0.332. The van der Waals surface area contributed by atoms with E-state index in [1.165, 1.54) is 115 Å². The van der Waals surface area contributed by atoms with Gasteiger partial charge in [0.15, 0.2) is 0 Å². The Hall–Kier alpha value is -7.80. The van der Waals surface area contributed by atoms with Crippen LogP contribution in [0.2, 0.25) is 0 Å². The molecule has 462 valence electrons. The highest BCUT2D eigenvalue weighted by Gasteiger charge is 2.46. The molecule has 4 heterocycles. The van der Waals surface area contributed by atoms with Crippen LogP contribution in [0.15, 0.2) is 176 Å². The van der Waals surface area contributed by atoms with Crippen molar-refractivity contribution in [2.45, 2.75) is 189 Å². The molecule has 2 aliphatic heterocycles. The Morgan fingerprint density at radius 2 is 0.824 bits per heavy atom. The fourth-order valence-electron chi connectivity index (χ4n) is 15.2. The molecule has 0 N–H and O–H groups in total. The van der Waals surface area contributed by atoms with Crippen molar-refractivity contribution in [1.82, 2.24) is 4.57 Å². The van der Waals surface area contributed by atoms with Crippen molar-refractivity contribution in [1.29, 1.82) is 0 Å². The molecular weight excluding hydrogens is 1120 g/mol. The highest BCUT2D eigenvalue weighted by molar-refractivity contribution is 7.26. The van der Waals surface area contributed by atoms with Crippen LogP contribution < -0.4 is 31.1 Å². The van der Waals surface area contributed by atoms with E-state index < -0.39 is 0 Å². The molecule has 0 atom stereocenters. The molecule has 14 rings (SSSR count). The molecule has 0 fully saturated rings. The van der Waals surface area contributed by atoms with Gasteiger partial charge < -0.3 is 19.3 Å². The molecule has 91 heavy (non-hydrogen) atoms. The Labute approximate surface area is 548 Å². The minimum absolute atomic E-state index is 0.00473. The summed E-state index contributed by atoms with van der Waals surface area (Å²) in [5.74, 6) is 0. The van der Waals surface area contributed by atoms with Gasteiger partial charge in [0.1, 0.15) is 4.83 Å². The summed E-state index contributed by atoms with van der Waals surface area (Å²) in [6.45, 7) is 47.2. The van der Waals surface area contributed by atoms with Crippen LogP contribution in [-0.2, 0) is 37.9 Å². The molecule has 9 aromatic carbocycles. The molecular formula is C85H93BN4S. The van der Waals surface area contributed by atoms with Crippen LogP contribution in [0.3, 0.4) is 0 Å². The first-order valence-electron chi connectivity index (χ1n) is 33.5. The Kier molecular flexibility index (Phi) is 13.8. The quantitative estimate of drug-likeness (QED) is 0.148. The zero-order chi connectivity index (χ0) is 64.6. The summed E-state index contributed by atoms with van der Waals surface area (Å²) in [5, 5.41) is 4.00. The van der Waals surface area contributed by atoms with Crippen molar-refractivity contribution in [3.63, 3.8) is 0 Å². The Morgan fingerprint density at radius 1 is 0.396 bits per heavy atom. The van der Waals surface area contributed by atoms with E-state index in [0.29, 0.717) is 0 Å². The second-order valence-corrected chi connectivity index (χ2v) is 34.6. The van der Waals surface area contributed by atoms with Crippen LogP contribution in [0.25, 0.3) is 36.9 Å². The first-order valence-corrected chi connectivity index (χ1v) is 34.3. The van der Waals surface area contributed by atoms with E-state index in [2.05, 4.69) is 334 Å². The standard InChI is InChI=1S/C85H93BN4S/c1-52-45-66-67(85(19,20)44-43-84(66,17)18)51-70(52)89-71-48-62(87(58-33-25-53(26-34-58)79(2,3)4)59-35-27-54(28-36-59)80(5,6)7)41-42-68(71)86-69-47-57(83(14,15)16)46-65-75-64-23-21-22-24-74(64)91-78(75)90(77(65)69)73-50-63(49-72(89)76(73)86)88(60-37-29-55(30-38-60)81(8,9)10)61-39-31-56(32-40-61)82(11,12)13/h21-42,45-51H,43-44H2,1-20H3. The van der Waals surface area contributed by atoms with Crippen LogP contribution in [0, 0.1) is 6.92 Å². The zero-order valence-corrected chi connectivity index (χ0v) is 58.7. The Balaban J connectivity index is 1.14. The molecule has 0 radical (unpaired) electrons. The molecule has 0 spiro atoms. The number of thiophene rings is 1. The maximum atomic E-state index is 2.74. The molecule has 0 saturated carbocycles. The number of nitrogens with zero attached hydrogens (tertiary/aromatic N) is 4. The smallest absolute Gasteiger partial charge is 0.252 e. The van der Waals surface area contributed by atoms with E-state index in [1.54, 1.807) is 0 Å². The lowest BCUT2D eigenvalue weighted by Crippen LogP contribution is -2.60. The highest BCUT2D eigenvalue weighted by atomic mass is 32.1. The number of rotatable bonds is 7. The first kappa shape index (κ1) is 60.8. The monoisotopic (exact) mass is 1210 g/mol. The third-order valence-electron chi connectivity index (χ3n) is 20.9. The number of anilines is 9. The zero-order valence-electron chi connectivity index (χ0n) is 57.9. The third kappa shape index (κ3) is 10.1. The number of hydrogen-bond donors (Lipinski definition) is 0. The summed E-state index contributed by atoms with van der Waals surface area (Å²) in [6.07, 6.45) is 2.28. The number of hydrogen-bond acceptors (Lipinski definition) is 4. The number of benzene rings is 9. The summed E-state index contributed by atoms with van der Waals surface area (Å²) >= 11 is 1.94. The summed E-state index contributed by atoms with van der Waals surface area (Å²) in [5.41, 5.74) is 27.6. The molecule has 4 nitrogen and oxygen atoms in total. The molecule has 0 unspecified atom stereocenters. The van der Waals surface area contributed by atoms with Crippen LogP contribution >= 0.6 is 11.3 Å². The summed E-state index contributed by atoms with van der Waals surface area (Å²) < 4.78 is 4.03. The van der Waals surface area contributed by atoms with Gasteiger partial charge in [-0.15, -0.1) is 11.3 Å². The van der Waals surface area contributed by atoms with E-state index in [9.17, 15) is 0 Å². The van der Waals surface area contributed by atoms with E-state index >= 15 is 0 Å². The lowest BCUT2D eigenvalue weighted by atomic mass is 9.33.